The van der Waals surface area contributed by atoms with Crippen LogP contribution in [-0.4, -0.2) is 43.3 Å². The molecule has 0 aliphatic carbocycles. The number of anilines is 1. The Labute approximate surface area is 150 Å². The second-order valence-corrected chi connectivity index (χ2v) is 6.96. The summed E-state index contributed by atoms with van der Waals surface area (Å²) in [5, 5.41) is 0. The van der Waals surface area contributed by atoms with Crippen LogP contribution in [0.3, 0.4) is 0 Å². The number of hydrogen-bond acceptors (Lipinski definition) is 3. The number of carbonyl (C=O) groups is 1. The molecule has 0 N–H and O–H groups in total. The van der Waals surface area contributed by atoms with Gasteiger partial charge in [-0.3, -0.25) is 9.80 Å². The molecule has 0 bridgehead atoms. The van der Waals surface area contributed by atoms with Crippen LogP contribution in [0.15, 0.2) is 30.3 Å². The smallest absolute Gasteiger partial charge is 0.414 e. The van der Waals surface area contributed by atoms with Crippen LogP contribution in [0.5, 0.6) is 0 Å². The van der Waals surface area contributed by atoms with E-state index < -0.39 is 0 Å². The van der Waals surface area contributed by atoms with Crippen LogP contribution >= 0.6 is 17.0 Å². The Hall–Kier alpha value is -1.07. The fourth-order valence-electron chi connectivity index (χ4n) is 2.98. The Morgan fingerprint density at radius 3 is 2.22 bits per heavy atom. The number of amides is 1. The van der Waals surface area contributed by atoms with Crippen LogP contribution in [0.1, 0.15) is 27.7 Å². The highest BCUT2D eigenvalue weighted by molar-refractivity contribution is 8.93. The number of halogens is 1. The lowest BCUT2D eigenvalue weighted by Crippen LogP contribution is -2.39. The number of hydrogen-bond donors (Lipinski definition) is 0. The molecule has 1 aliphatic rings. The van der Waals surface area contributed by atoms with Gasteiger partial charge in [-0.05, 0) is 24.0 Å². The van der Waals surface area contributed by atoms with Gasteiger partial charge in [-0.1, -0.05) is 45.9 Å². The summed E-state index contributed by atoms with van der Waals surface area (Å²) < 4.78 is 5.57. The summed E-state index contributed by atoms with van der Waals surface area (Å²) in [6.07, 6.45) is -0.282. The predicted molar refractivity (Wildman–Crippen MR) is 100 cm³/mol. The summed E-state index contributed by atoms with van der Waals surface area (Å²) in [5.74, 6) is 1.22. The standard InChI is InChI=1S/C18H28N2O2.BrH/c1-14(2)10-19(11-15(3)4)12-17-13-20(18(21)22-17)16-8-6-5-7-9-16;/h5-9,14-15,17H,10-13H2,1-4H3;1H. The van der Waals surface area contributed by atoms with E-state index in [4.69, 9.17) is 4.74 Å². The van der Waals surface area contributed by atoms with Crippen molar-refractivity contribution in [3.05, 3.63) is 30.3 Å². The van der Waals surface area contributed by atoms with Crippen LogP contribution in [0, 0.1) is 11.8 Å². The van der Waals surface area contributed by atoms with Crippen LogP contribution in [0.2, 0.25) is 0 Å². The van der Waals surface area contributed by atoms with Crippen molar-refractivity contribution in [1.82, 2.24) is 4.90 Å². The summed E-state index contributed by atoms with van der Waals surface area (Å²) in [7, 11) is 0. The van der Waals surface area contributed by atoms with Gasteiger partial charge in [0.15, 0.2) is 0 Å². The third-order valence-corrected chi connectivity index (χ3v) is 3.65. The third kappa shape index (κ3) is 6.15. The third-order valence-electron chi connectivity index (χ3n) is 3.65. The zero-order valence-corrected chi connectivity index (χ0v) is 16.3. The van der Waals surface area contributed by atoms with Crippen molar-refractivity contribution in [1.29, 1.82) is 0 Å². The molecular weight excluding hydrogens is 356 g/mol. The zero-order valence-electron chi connectivity index (χ0n) is 14.6. The van der Waals surface area contributed by atoms with E-state index in [-0.39, 0.29) is 29.2 Å². The summed E-state index contributed by atoms with van der Waals surface area (Å²) in [4.78, 5) is 16.2. The van der Waals surface area contributed by atoms with E-state index in [0.717, 1.165) is 25.3 Å². The Morgan fingerprint density at radius 1 is 1.13 bits per heavy atom. The molecule has 1 atom stereocenters. The van der Waals surface area contributed by atoms with Crippen LogP contribution in [0.4, 0.5) is 10.5 Å². The van der Waals surface area contributed by atoms with E-state index >= 15 is 0 Å². The number of para-hydroxylation sites is 1. The molecule has 1 saturated heterocycles. The molecule has 1 amide bonds. The van der Waals surface area contributed by atoms with E-state index in [2.05, 4.69) is 32.6 Å². The average Bonchev–Trinajstić information content (AvgIpc) is 2.79. The second-order valence-electron chi connectivity index (χ2n) is 6.96. The number of ether oxygens (including phenoxy) is 1. The molecule has 2 rings (SSSR count). The Morgan fingerprint density at radius 2 is 1.70 bits per heavy atom. The van der Waals surface area contributed by atoms with E-state index in [9.17, 15) is 4.79 Å². The van der Waals surface area contributed by atoms with Crippen LogP contribution in [0.25, 0.3) is 0 Å². The van der Waals surface area contributed by atoms with E-state index in [1.54, 1.807) is 4.90 Å². The average molecular weight is 385 g/mol. The molecule has 23 heavy (non-hydrogen) atoms. The summed E-state index contributed by atoms with van der Waals surface area (Å²) in [6.45, 7) is 12.4. The highest BCUT2D eigenvalue weighted by Gasteiger charge is 2.33. The summed E-state index contributed by atoms with van der Waals surface area (Å²) in [5.41, 5.74) is 0.911. The number of rotatable bonds is 7. The fraction of sp³-hybridized carbons (Fsp3) is 0.611. The fourth-order valence-corrected chi connectivity index (χ4v) is 2.98. The first-order valence-electron chi connectivity index (χ1n) is 8.21. The largest absolute Gasteiger partial charge is 0.443 e. The number of benzene rings is 1. The molecule has 1 fully saturated rings. The maximum absolute atomic E-state index is 12.1. The molecule has 0 saturated carbocycles. The normalized spacial score (nSPS) is 17.8. The second kappa shape index (κ2) is 9.28. The lowest BCUT2D eigenvalue weighted by molar-refractivity contribution is 0.0987. The minimum Gasteiger partial charge on any atom is -0.443 e. The van der Waals surface area contributed by atoms with E-state index in [1.165, 1.54) is 0 Å². The van der Waals surface area contributed by atoms with Gasteiger partial charge in [0.1, 0.15) is 6.10 Å². The Bertz CT molecular complexity index is 469. The van der Waals surface area contributed by atoms with Crippen molar-refractivity contribution >= 4 is 28.8 Å². The summed E-state index contributed by atoms with van der Waals surface area (Å²) in [6, 6.07) is 9.74. The summed E-state index contributed by atoms with van der Waals surface area (Å²) >= 11 is 0. The molecule has 1 heterocycles. The van der Waals surface area contributed by atoms with Gasteiger partial charge in [0.2, 0.25) is 0 Å². The minimum atomic E-state index is -0.231. The van der Waals surface area contributed by atoms with Gasteiger partial charge in [-0.2, -0.15) is 0 Å². The Kier molecular flexibility index (Phi) is 8.06. The maximum Gasteiger partial charge on any atom is 0.414 e. The molecule has 0 aromatic heterocycles. The van der Waals surface area contributed by atoms with Crippen molar-refractivity contribution in [2.45, 2.75) is 33.8 Å². The first-order chi connectivity index (χ1) is 10.5. The van der Waals surface area contributed by atoms with E-state index in [1.807, 2.05) is 30.3 Å². The molecule has 1 aromatic rings. The molecule has 130 valence electrons. The first-order valence-corrected chi connectivity index (χ1v) is 8.21. The first kappa shape index (κ1) is 20.0. The Balaban J connectivity index is 0.00000264. The van der Waals surface area contributed by atoms with Crippen molar-refractivity contribution in [3.63, 3.8) is 0 Å². The van der Waals surface area contributed by atoms with Gasteiger partial charge in [0, 0.05) is 25.3 Å². The van der Waals surface area contributed by atoms with Gasteiger partial charge >= 0.3 is 6.09 Å². The molecule has 1 unspecified atom stereocenters. The number of carbonyl (C=O) groups excluding carboxylic acids is 1. The number of nitrogens with zero attached hydrogens (tertiary/aromatic N) is 2. The van der Waals surface area contributed by atoms with Crippen LogP contribution in [-0.2, 0) is 4.74 Å². The maximum atomic E-state index is 12.1. The highest BCUT2D eigenvalue weighted by Crippen LogP contribution is 2.22. The van der Waals surface area contributed by atoms with Gasteiger partial charge < -0.3 is 4.74 Å². The molecular formula is C18H29BrN2O2. The van der Waals surface area contributed by atoms with Gasteiger partial charge in [0.25, 0.3) is 0 Å². The van der Waals surface area contributed by atoms with Gasteiger partial charge in [-0.25, -0.2) is 4.79 Å². The molecule has 1 aliphatic heterocycles. The van der Waals surface area contributed by atoms with Crippen molar-refractivity contribution in [3.8, 4) is 0 Å². The molecule has 4 nitrogen and oxygen atoms in total. The van der Waals surface area contributed by atoms with Crippen molar-refractivity contribution in [2.24, 2.45) is 11.8 Å². The molecule has 0 radical (unpaired) electrons. The van der Waals surface area contributed by atoms with E-state index in [0.29, 0.717) is 18.4 Å². The van der Waals surface area contributed by atoms with Crippen LogP contribution < -0.4 is 4.90 Å². The molecule has 5 heteroatoms. The van der Waals surface area contributed by atoms with Gasteiger partial charge in [0.05, 0.1) is 6.54 Å². The SMILES string of the molecule is Br.CC(C)CN(CC(C)C)CC1CN(c2ccccc2)C(=O)O1. The predicted octanol–water partition coefficient (Wildman–Crippen LogP) is 4.20. The minimum absolute atomic E-state index is 0. The lowest BCUT2D eigenvalue weighted by atomic mass is 10.1. The highest BCUT2D eigenvalue weighted by atomic mass is 79.9. The molecule has 1 aromatic carbocycles. The van der Waals surface area contributed by atoms with Gasteiger partial charge in [-0.15, -0.1) is 17.0 Å². The topological polar surface area (TPSA) is 32.8 Å². The molecule has 0 spiro atoms. The quantitative estimate of drug-likeness (QED) is 0.705. The van der Waals surface area contributed by atoms with Crippen molar-refractivity contribution in [2.75, 3.05) is 31.1 Å². The van der Waals surface area contributed by atoms with Crippen molar-refractivity contribution < 1.29 is 9.53 Å². The number of cyclic esters (lactones) is 1. The monoisotopic (exact) mass is 384 g/mol. The lowest BCUT2D eigenvalue weighted by Gasteiger charge is -2.27. The zero-order chi connectivity index (χ0) is 16.1.